The molecule has 0 aliphatic heterocycles. The highest BCUT2D eigenvalue weighted by Gasteiger charge is 2.14. The summed E-state index contributed by atoms with van der Waals surface area (Å²) in [6.45, 7) is 4.17. The first kappa shape index (κ1) is 14.4. The van der Waals surface area contributed by atoms with E-state index >= 15 is 0 Å². The number of nitrogens with one attached hydrogen (secondary N) is 1. The Morgan fingerprint density at radius 3 is 2.80 bits per heavy atom. The molecule has 5 nitrogen and oxygen atoms in total. The number of aromatic nitrogens is 2. The number of aromatic amines is 1. The molecule has 1 aromatic carbocycles. The average molecular weight is 276 g/mol. The van der Waals surface area contributed by atoms with Crippen molar-refractivity contribution < 1.29 is 9.90 Å². The van der Waals surface area contributed by atoms with E-state index in [1.54, 1.807) is 10.6 Å². The standard InChI is InChI=1S/C15H20N2O3/c1-3-4-5-6-10(2)17-13-8-7-11(14(18)19)9-12(13)16-15(17)20/h7-10H,3-6H2,1-2H3,(H,16,20)(H,18,19). The van der Waals surface area contributed by atoms with Gasteiger partial charge in [0.05, 0.1) is 16.6 Å². The van der Waals surface area contributed by atoms with Crippen molar-refractivity contribution in [3.05, 3.63) is 34.2 Å². The molecule has 0 amide bonds. The van der Waals surface area contributed by atoms with Gasteiger partial charge in [-0.1, -0.05) is 26.2 Å². The van der Waals surface area contributed by atoms with Gasteiger partial charge < -0.3 is 10.1 Å². The Kier molecular flexibility index (Phi) is 4.27. The summed E-state index contributed by atoms with van der Waals surface area (Å²) in [7, 11) is 0. The van der Waals surface area contributed by atoms with E-state index in [0.717, 1.165) is 31.2 Å². The lowest BCUT2D eigenvalue weighted by molar-refractivity contribution is 0.0697. The molecule has 20 heavy (non-hydrogen) atoms. The van der Waals surface area contributed by atoms with Crippen LogP contribution < -0.4 is 5.69 Å². The number of fused-ring (bicyclic) bond motifs is 1. The van der Waals surface area contributed by atoms with Crippen LogP contribution in [0.1, 0.15) is 55.9 Å². The van der Waals surface area contributed by atoms with Gasteiger partial charge in [-0.3, -0.25) is 4.57 Å². The van der Waals surface area contributed by atoms with Crippen LogP contribution in [0.25, 0.3) is 11.0 Å². The number of carbonyl (C=O) groups is 1. The van der Waals surface area contributed by atoms with Gasteiger partial charge in [0.2, 0.25) is 0 Å². The molecule has 5 heteroatoms. The smallest absolute Gasteiger partial charge is 0.335 e. The zero-order valence-electron chi connectivity index (χ0n) is 11.8. The summed E-state index contributed by atoms with van der Waals surface area (Å²) in [6, 6.07) is 4.85. The van der Waals surface area contributed by atoms with E-state index in [1.165, 1.54) is 12.1 Å². The lowest BCUT2D eigenvalue weighted by Gasteiger charge is -2.13. The fourth-order valence-corrected chi connectivity index (χ4v) is 2.52. The highest BCUT2D eigenvalue weighted by Crippen LogP contribution is 2.20. The fraction of sp³-hybridized carbons (Fsp3) is 0.467. The molecule has 1 unspecified atom stereocenters. The Labute approximate surface area is 117 Å². The van der Waals surface area contributed by atoms with Crippen LogP contribution >= 0.6 is 0 Å². The zero-order valence-corrected chi connectivity index (χ0v) is 11.8. The Hall–Kier alpha value is -2.04. The van der Waals surface area contributed by atoms with Crippen molar-refractivity contribution in [3.63, 3.8) is 0 Å². The number of nitrogens with zero attached hydrogens (tertiary/aromatic N) is 1. The second-order valence-corrected chi connectivity index (χ2v) is 5.18. The molecule has 1 atom stereocenters. The van der Waals surface area contributed by atoms with Crippen LogP contribution in [0, 0.1) is 0 Å². The Morgan fingerprint density at radius 2 is 2.15 bits per heavy atom. The number of benzene rings is 1. The molecular formula is C15H20N2O3. The molecule has 0 fully saturated rings. The molecule has 0 bridgehead atoms. The third-order valence-electron chi connectivity index (χ3n) is 3.63. The van der Waals surface area contributed by atoms with Crippen LogP contribution in [0.3, 0.4) is 0 Å². The van der Waals surface area contributed by atoms with Gasteiger partial charge in [0.25, 0.3) is 0 Å². The van der Waals surface area contributed by atoms with Crippen molar-refractivity contribution >= 4 is 17.0 Å². The second-order valence-electron chi connectivity index (χ2n) is 5.18. The van der Waals surface area contributed by atoms with Gasteiger partial charge in [-0.15, -0.1) is 0 Å². The summed E-state index contributed by atoms with van der Waals surface area (Å²) in [5, 5.41) is 8.97. The van der Waals surface area contributed by atoms with Crippen LogP contribution in [0.5, 0.6) is 0 Å². The van der Waals surface area contributed by atoms with Crippen LogP contribution in [0.15, 0.2) is 23.0 Å². The van der Waals surface area contributed by atoms with Gasteiger partial charge >= 0.3 is 11.7 Å². The van der Waals surface area contributed by atoms with Crippen LogP contribution in [0.2, 0.25) is 0 Å². The van der Waals surface area contributed by atoms with Crippen molar-refractivity contribution in [1.82, 2.24) is 9.55 Å². The van der Waals surface area contributed by atoms with E-state index in [9.17, 15) is 9.59 Å². The zero-order chi connectivity index (χ0) is 14.7. The number of H-pyrrole nitrogens is 1. The summed E-state index contributed by atoms with van der Waals surface area (Å²) in [6.07, 6.45) is 4.34. The minimum absolute atomic E-state index is 0.110. The number of rotatable bonds is 6. The van der Waals surface area contributed by atoms with Gasteiger partial charge in [-0.05, 0) is 31.5 Å². The molecule has 0 radical (unpaired) electrons. The van der Waals surface area contributed by atoms with Gasteiger partial charge in [-0.25, -0.2) is 9.59 Å². The fourth-order valence-electron chi connectivity index (χ4n) is 2.52. The second kappa shape index (κ2) is 5.94. The first-order valence-corrected chi connectivity index (χ1v) is 7.02. The lowest BCUT2D eigenvalue weighted by Crippen LogP contribution is -2.20. The van der Waals surface area contributed by atoms with Gasteiger partial charge in [-0.2, -0.15) is 0 Å². The number of carboxylic acid groups (broad SMARTS) is 1. The normalized spacial score (nSPS) is 12.7. The highest BCUT2D eigenvalue weighted by molar-refractivity contribution is 5.92. The van der Waals surface area contributed by atoms with Crippen LogP contribution in [0.4, 0.5) is 0 Å². The van der Waals surface area contributed by atoms with E-state index in [0.29, 0.717) is 5.52 Å². The van der Waals surface area contributed by atoms with Crippen molar-refractivity contribution in [1.29, 1.82) is 0 Å². The number of hydrogen-bond acceptors (Lipinski definition) is 2. The summed E-state index contributed by atoms with van der Waals surface area (Å²) >= 11 is 0. The summed E-state index contributed by atoms with van der Waals surface area (Å²) < 4.78 is 1.72. The third-order valence-corrected chi connectivity index (χ3v) is 3.63. The number of imidazole rings is 1. The van der Waals surface area contributed by atoms with Gasteiger partial charge in [0.1, 0.15) is 0 Å². The molecule has 0 saturated carbocycles. The summed E-state index contributed by atoms with van der Waals surface area (Å²) in [5.74, 6) is -0.989. The maximum atomic E-state index is 12.1. The quantitative estimate of drug-likeness (QED) is 0.796. The molecule has 0 spiro atoms. The molecule has 2 N–H and O–H groups in total. The van der Waals surface area contributed by atoms with Gasteiger partial charge in [0, 0.05) is 6.04 Å². The number of hydrogen-bond donors (Lipinski definition) is 2. The molecule has 108 valence electrons. The average Bonchev–Trinajstić information content (AvgIpc) is 2.73. The minimum Gasteiger partial charge on any atom is -0.478 e. The number of unbranched alkanes of at least 4 members (excludes halogenated alkanes) is 2. The van der Waals surface area contributed by atoms with Crippen molar-refractivity contribution in [3.8, 4) is 0 Å². The molecule has 2 aromatic rings. The first-order chi connectivity index (χ1) is 9.54. The Morgan fingerprint density at radius 1 is 1.40 bits per heavy atom. The van der Waals surface area contributed by atoms with Crippen LogP contribution in [-0.2, 0) is 0 Å². The molecular weight excluding hydrogens is 256 g/mol. The van der Waals surface area contributed by atoms with Crippen LogP contribution in [-0.4, -0.2) is 20.6 Å². The SMILES string of the molecule is CCCCCC(C)n1c(=O)[nH]c2cc(C(=O)O)ccc21. The molecule has 0 saturated heterocycles. The van der Waals surface area contributed by atoms with E-state index in [-0.39, 0.29) is 17.3 Å². The number of carboxylic acids is 1. The summed E-state index contributed by atoms with van der Waals surface area (Å²) in [4.78, 5) is 25.7. The topological polar surface area (TPSA) is 75.1 Å². The molecule has 0 aliphatic carbocycles. The van der Waals surface area contributed by atoms with E-state index < -0.39 is 5.97 Å². The summed E-state index contributed by atoms with van der Waals surface area (Å²) in [5.41, 5.74) is 1.36. The Balaban J connectivity index is 2.36. The monoisotopic (exact) mass is 276 g/mol. The number of aromatic carboxylic acids is 1. The highest BCUT2D eigenvalue weighted by atomic mass is 16.4. The maximum Gasteiger partial charge on any atom is 0.335 e. The molecule has 1 aromatic heterocycles. The van der Waals surface area contributed by atoms with E-state index in [4.69, 9.17) is 5.11 Å². The van der Waals surface area contributed by atoms with Gasteiger partial charge in [0.15, 0.2) is 0 Å². The minimum atomic E-state index is -0.989. The first-order valence-electron chi connectivity index (χ1n) is 7.02. The maximum absolute atomic E-state index is 12.1. The molecule has 0 aliphatic rings. The Bertz CT molecular complexity index is 669. The predicted octanol–water partition coefficient (Wildman–Crippen LogP) is 3.17. The van der Waals surface area contributed by atoms with Crippen molar-refractivity contribution in [2.24, 2.45) is 0 Å². The van der Waals surface area contributed by atoms with Crippen molar-refractivity contribution in [2.75, 3.05) is 0 Å². The predicted molar refractivity (Wildman–Crippen MR) is 78.4 cm³/mol. The van der Waals surface area contributed by atoms with Crippen molar-refractivity contribution in [2.45, 2.75) is 45.6 Å². The third kappa shape index (κ3) is 2.76. The lowest BCUT2D eigenvalue weighted by atomic mass is 10.1. The van der Waals surface area contributed by atoms with E-state index in [2.05, 4.69) is 11.9 Å². The molecule has 1 heterocycles. The molecule has 2 rings (SSSR count). The van der Waals surface area contributed by atoms with E-state index in [1.807, 2.05) is 6.92 Å². The largest absolute Gasteiger partial charge is 0.478 e.